The van der Waals surface area contributed by atoms with Crippen molar-refractivity contribution >= 4 is 38.4 Å². The Morgan fingerprint density at radius 2 is 2.12 bits per heavy atom. The fourth-order valence-corrected chi connectivity index (χ4v) is 2.48. The summed E-state index contributed by atoms with van der Waals surface area (Å²) >= 11 is 9.29. The fourth-order valence-electron chi connectivity index (χ4n) is 1.53. The number of rotatable bonds is 2. The van der Waals surface area contributed by atoms with E-state index in [1.165, 1.54) is 13.2 Å². The Hall–Kier alpha value is -0.940. The first-order valence-corrected chi connectivity index (χ1v) is 5.82. The van der Waals surface area contributed by atoms with Gasteiger partial charge in [-0.15, -0.1) is 0 Å². The molecule has 0 spiro atoms. The van der Waals surface area contributed by atoms with Crippen LogP contribution in [0.3, 0.4) is 0 Å². The number of benzene rings is 1. The molecule has 2 rings (SSSR count). The van der Waals surface area contributed by atoms with Gasteiger partial charge in [0.05, 0.1) is 12.1 Å². The summed E-state index contributed by atoms with van der Waals surface area (Å²) < 4.78 is 31.0. The molecule has 0 aliphatic rings. The lowest BCUT2D eigenvalue weighted by Gasteiger charge is -2.09. The van der Waals surface area contributed by atoms with Crippen LogP contribution in [-0.4, -0.2) is 12.1 Å². The van der Waals surface area contributed by atoms with Crippen LogP contribution in [0.5, 0.6) is 5.75 Å². The minimum absolute atomic E-state index is 0.219. The number of halogens is 4. The highest BCUT2D eigenvalue weighted by molar-refractivity contribution is 9.10. The molecular formula is C11H7BrClF2NO. The zero-order valence-corrected chi connectivity index (χ0v) is 11.0. The van der Waals surface area contributed by atoms with Gasteiger partial charge in [0.15, 0.2) is 0 Å². The normalized spacial score (nSPS) is 11.2. The van der Waals surface area contributed by atoms with E-state index in [9.17, 15) is 8.78 Å². The predicted octanol–water partition coefficient (Wildman–Crippen LogP) is 4.60. The Balaban J connectivity index is 2.85. The number of methoxy groups -OCH3 is 1. The summed E-state index contributed by atoms with van der Waals surface area (Å²) in [5, 5.41) is 0.784. The number of aromatic nitrogens is 1. The molecule has 0 N–H and O–H groups in total. The fraction of sp³-hybridized carbons (Fsp3) is 0.182. The second-order valence-electron chi connectivity index (χ2n) is 3.30. The van der Waals surface area contributed by atoms with Crippen LogP contribution < -0.4 is 4.74 Å². The summed E-state index contributed by atoms with van der Waals surface area (Å²) in [6.07, 6.45) is -2.67. The smallest absolute Gasteiger partial charge is 0.280 e. The van der Waals surface area contributed by atoms with Crippen molar-refractivity contribution in [3.05, 3.63) is 33.4 Å². The molecule has 0 atom stereocenters. The number of fused-ring (bicyclic) bond motifs is 1. The maximum absolute atomic E-state index is 12.6. The van der Waals surface area contributed by atoms with Gasteiger partial charge >= 0.3 is 0 Å². The topological polar surface area (TPSA) is 22.1 Å². The van der Waals surface area contributed by atoms with E-state index in [0.717, 1.165) is 0 Å². The zero-order valence-electron chi connectivity index (χ0n) is 8.68. The van der Waals surface area contributed by atoms with Crippen molar-refractivity contribution in [2.24, 2.45) is 0 Å². The van der Waals surface area contributed by atoms with Crippen LogP contribution in [0.15, 0.2) is 22.7 Å². The lowest BCUT2D eigenvalue weighted by atomic mass is 10.2. The highest BCUT2D eigenvalue weighted by Crippen LogP contribution is 2.36. The van der Waals surface area contributed by atoms with Gasteiger partial charge in [0.25, 0.3) is 6.43 Å². The summed E-state index contributed by atoms with van der Waals surface area (Å²) in [5.74, 6) is 0.410. The van der Waals surface area contributed by atoms with Crippen LogP contribution in [0.4, 0.5) is 8.78 Å². The average Bonchev–Trinajstić information content (AvgIpc) is 2.28. The van der Waals surface area contributed by atoms with Gasteiger partial charge in [0.1, 0.15) is 17.0 Å². The zero-order chi connectivity index (χ0) is 12.6. The van der Waals surface area contributed by atoms with Crippen molar-refractivity contribution in [3.63, 3.8) is 0 Å². The number of hydrogen-bond donors (Lipinski definition) is 0. The molecule has 1 aromatic heterocycles. The van der Waals surface area contributed by atoms with E-state index in [2.05, 4.69) is 20.9 Å². The van der Waals surface area contributed by atoms with Gasteiger partial charge in [0, 0.05) is 9.86 Å². The van der Waals surface area contributed by atoms with Crippen LogP contribution in [0, 0.1) is 0 Å². The Bertz CT molecular complexity index is 577. The van der Waals surface area contributed by atoms with Gasteiger partial charge in [-0.2, -0.15) is 0 Å². The van der Waals surface area contributed by atoms with Crippen molar-refractivity contribution in [1.29, 1.82) is 0 Å². The predicted molar refractivity (Wildman–Crippen MR) is 66.0 cm³/mol. The summed E-state index contributed by atoms with van der Waals surface area (Å²) in [5.41, 5.74) is -0.0384. The number of alkyl halides is 2. The highest BCUT2D eigenvalue weighted by atomic mass is 79.9. The molecule has 0 amide bonds. The molecule has 2 aromatic rings. The Kier molecular flexibility index (Phi) is 3.49. The van der Waals surface area contributed by atoms with E-state index in [1.54, 1.807) is 12.1 Å². The third kappa shape index (κ3) is 2.21. The average molecular weight is 323 g/mol. The van der Waals surface area contributed by atoms with Gasteiger partial charge in [-0.1, -0.05) is 27.5 Å². The minimum atomic E-state index is -2.67. The summed E-state index contributed by atoms with van der Waals surface area (Å²) in [6, 6.07) is 4.54. The molecule has 6 heteroatoms. The van der Waals surface area contributed by atoms with Crippen LogP contribution in [0.25, 0.3) is 10.9 Å². The molecule has 0 saturated heterocycles. The summed E-state index contributed by atoms with van der Waals surface area (Å²) in [6.45, 7) is 0. The van der Waals surface area contributed by atoms with Crippen molar-refractivity contribution < 1.29 is 13.5 Å². The maximum Gasteiger partial charge on any atom is 0.280 e. The largest absolute Gasteiger partial charge is 0.494 e. The lowest BCUT2D eigenvalue weighted by Crippen LogP contribution is -1.95. The Morgan fingerprint density at radius 1 is 1.41 bits per heavy atom. The van der Waals surface area contributed by atoms with E-state index >= 15 is 0 Å². The van der Waals surface area contributed by atoms with Gasteiger partial charge in [-0.05, 0) is 18.2 Å². The second-order valence-corrected chi connectivity index (χ2v) is 4.56. The molecule has 17 heavy (non-hydrogen) atoms. The third-order valence-corrected chi connectivity index (χ3v) is 3.25. The van der Waals surface area contributed by atoms with E-state index in [4.69, 9.17) is 16.3 Å². The van der Waals surface area contributed by atoms with Crippen LogP contribution in [0.2, 0.25) is 5.02 Å². The monoisotopic (exact) mass is 321 g/mol. The lowest BCUT2D eigenvalue weighted by molar-refractivity contribution is 0.146. The van der Waals surface area contributed by atoms with Crippen LogP contribution in [-0.2, 0) is 0 Å². The van der Waals surface area contributed by atoms with Crippen LogP contribution in [0.1, 0.15) is 12.1 Å². The van der Waals surface area contributed by atoms with E-state index in [-0.39, 0.29) is 10.7 Å². The first kappa shape index (κ1) is 12.5. The molecule has 0 unspecified atom stereocenters. The number of hydrogen-bond acceptors (Lipinski definition) is 2. The molecule has 0 aliphatic carbocycles. The quantitative estimate of drug-likeness (QED) is 0.806. The van der Waals surface area contributed by atoms with E-state index in [1.807, 2.05) is 0 Å². The molecule has 1 aromatic carbocycles. The molecule has 0 fully saturated rings. The third-order valence-electron chi connectivity index (χ3n) is 2.29. The molecule has 90 valence electrons. The van der Waals surface area contributed by atoms with Gasteiger partial charge in [0.2, 0.25) is 0 Å². The highest BCUT2D eigenvalue weighted by Gasteiger charge is 2.16. The molecule has 2 nitrogen and oxygen atoms in total. The molecular weight excluding hydrogens is 315 g/mol. The molecule has 1 heterocycles. The standard InChI is InChI=1S/C11H7BrClF2NO/c1-17-8-3-2-5(12)9-6(13)4-7(11(14)15)16-10(8)9/h2-4,11H,1H3. The summed E-state index contributed by atoms with van der Waals surface area (Å²) in [7, 11) is 1.45. The van der Waals surface area contributed by atoms with Crippen molar-refractivity contribution in [2.45, 2.75) is 6.43 Å². The second kappa shape index (κ2) is 4.74. The van der Waals surface area contributed by atoms with Crippen molar-refractivity contribution in [2.75, 3.05) is 7.11 Å². The molecule has 0 saturated carbocycles. The minimum Gasteiger partial charge on any atom is -0.494 e. The van der Waals surface area contributed by atoms with Crippen molar-refractivity contribution in [3.8, 4) is 5.75 Å². The van der Waals surface area contributed by atoms with Gasteiger partial charge < -0.3 is 4.74 Å². The SMILES string of the molecule is COc1ccc(Br)c2c(Cl)cc(C(F)F)nc12. The number of nitrogens with zero attached hydrogens (tertiary/aromatic N) is 1. The first-order valence-electron chi connectivity index (χ1n) is 4.65. The first-order chi connectivity index (χ1) is 8.04. The maximum atomic E-state index is 12.6. The Morgan fingerprint density at radius 3 is 2.71 bits per heavy atom. The van der Waals surface area contributed by atoms with Gasteiger partial charge in [-0.25, -0.2) is 13.8 Å². The number of pyridine rings is 1. The van der Waals surface area contributed by atoms with Gasteiger partial charge in [-0.3, -0.25) is 0 Å². The van der Waals surface area contributed by atoms with E-state index in [0.29, 0.717) is 21.1 Å². The van der Waals surface area contributed by atoms with Crippen molar-refractivity contribution in [1.82, 2.24) is 4.98 Å². The molecule has 0 bridgehead atoms. The summed E-state index contributed by atoms with van der Waals surface area (Å²) in [4.78, 5) is 3.88. The Labute approximate surface area is 110 Å². The van der Waals surface area contributed by atoms with Crippen LogP contribution >= 0.6 is 27.5 Å². The van der Waals surface area contributed by atoms with E-state index < -0.39 is 6.43 Å². The number of ether oxygens (including phenoxy) is 1. The molecule has 0 radical (unpaired) electrons. The molecule has 0 aliphatic heterocycles.